The van der Waals surface area contributed by atoms with E-state index in [0.29, 0.717) is 11.8 Å². The van der Waals surface area contributed by atoms with Crippen LogP contribution in [0.4, 0.5) is 34.1 Å². The van der Waals surface area contributed by atoms with E-state index in [1.165, 1.54) is 87.7 Å². The lowest BCUT2D eigenvalue weighted by Gasteiger charge is -2.27. The molecule has 0 radical (unpaired) electrons. The number of nitrogens with zero attached hydrogens (tertiary/aromatic N) is 4. The number of aromatic nitrogens is 2. The van der Waals surface area contributed by atoms with Gasteiger partial charge in [-0.15, -0.1) is 0 Å². The molecule has 6 heteroatoms. The van der Waals surface area contributed by atoms with Gasteiger partial charge in [-0.2, -0.15) is 0 Å². The number of furan rings is 2. The van der Waals surface area contributed by atoms with Crippen LogP contribution in [0.5, 0.6) is 0 Å². The van der Waals surface area contributed by atoms with Crippen LogP contribution in [0, 0.1) is 0 Å². The molecule has 0 atom stereocenters. The molecule has 18 rings (SSSR count). The summed E-state index contributed by atoms with van der Waals surface area (Å²) >= 11 is 0. The van der Waals surface area contributed by atoms with Crippen LogP contribution < -0.4 is 9.80 Å². The highest BCUT2D eigenvalue weighted by Gasteiger charge is 2.25. The van der Waals surface area contributed by atoms with Crippen LogP contribution in [-0.2, 0) is 0 Å². The van der Waals surface area contributed by atoms with Gasteiger partial charge < -0.3 is 27.8 Å². The lowest BCUT2D eigenvalue weighted by Crippen LogP contribution is -2.10. The van der Waals surface area contributed by atoms with Gasteiger partial charge in [-0.1, -0.05) is 161 Å². The molecule has 0 bridgehead atoms. The van der Waals surface area contributed by atoms with Crippen LogP contribution in [0.15, 0.2) is 288 Å². The highest BCUT2D eigenvalue weighted by molar-refractivity contribution is 6.28. The molecule has 0 spiro atoms. The average Bonchev–Trinajstić information content (AvgIpc) is 1.63. The molecule has 90 heavy (non-hydrogen) atoms. The summed E-state index contributed by atoms with van der Waals surface area (Å²) in [5, 5.41) is 16.0. The number of hydrogen-bond acceptors (Lipinski definition) is 4. The summed E-state index contributed by atoms with van der Waals surface area (Å²) < 4.78 is 18.8. The quantitative estimate of drug-likeness (QED) is 0.137. The summed E-state index contributed by atoms with van der Waals surface area (Å²) in [5.41, 5.74) is 19.3. The first kappa shape index (κ1) is 51.8. The van der Waals surface area contributed by atoms with Crippen molar-refractivity contribution in [1.29, 1.82) is 0 Å². The van der Waals surface area contributed by atoms with E-state index in [2.05, 4.69) is 326 Å². The first-order valence-electron chi connectivity index (χ1n) is 31.4. The minimum absolute atomic E-state index is 0.416. The van der Waals surface area contributed by atoms with Crippen LogP contribution in [0.1, 0.15) is 50.7 Å². The number of para-hydroxylation sites is 2. The molecule has 0 N–H and O–H groups in total. The second-order valence-electron chi connectivity index (χ2n) is 24.8. The topological polar surface area (TPSA) is 42.6 Å². The molecule has 4 aromatic heterocycles. The highest BCUT2D eigenvalue weighted by atomic mass is 16.3. The van der Waals surface area contributed by atoms with Gasteiger partial charge in [0.1, 0.15) is 22.3 Å². The van der Waals surface area contributed by atoms with Gasteiger partial charge in [0, 0.05) is 100 Å². The third kappa shape index (κ3) is 7.97. The molecule has 4 heterocycles. The third-order valence-corrected chi connectivity index (χ3v) is 19.0. The van der Waals surface area contributed by atoms with Crippen molar-refractivity contribution in [3.63, 3.8) is 0 Å². The number of benzene rings is 14. The van der Waals surface area contributed by atoms with Crippen LogP contribution in [0.3, 0.4) is 0 Å². The van der Waals surface area contributed by atoms with Gasteiger partial charge in [-0.05, 0) is 178 Å². The van der Waals surface area contributed by atoms with E-state index in [1.807, 2.05) is 0 Å². The van der Waals surface area contributed by atoms with E-state index in [4.69, 9.17) is 8.83 Å². The van der Waals surface area contributed by atoms with Crippen molar-refractivity contribution in [2.45, 2.75) is 39.5 Å². The third-order valence-electron chi connectivity index (χ3n) is 19.0. The number of anilines is 6. The molecule has 428 valence electrons. The Hall–Kier alpha value is -11.3. The molecule has 0 aliphatic rings. The zero-order valence-corrected chi connectivity index (χ0v) is 50.3. The maximum absolute atomic E-state index is 6.98. The first-order valence-corrected chi connectivity index (χ1v) is 31.4. The molecule has 0 aliphatic carbocycles. The fourth-order valence-corrected chi connectivity index (χ4v) is 14.7. The van der Waals surface area contributed by atoms with Crippen LogP contribution in [0.25, 0.3) is 131 Å². The summed E-state index contributed by atoms with van der Waals surface area (Å²) in [7, 11) is 0. The van der Waals surface area contributed by atoms with Crippen molar-refractivity contribution < 1.29 is 8.83 Å². The Balaban J connectivity index is 0.774. The van der Waals surface area contributed by atoms with Gasteiger partial charge in [0.15, 0.2) is 0 Å². The van der Waals surface area contributed by atoms with Crippen LogP contribution in [-0.4, -0.2) is 9.13 Å². The molecule has 0 unspecified atom stereocenters. The van der Waals surface area contributed by atoms with Gasteiger partial charge in [0.25, 0.3) is 0 Å². The van der Waals surface area contributed by atoms with Gasteiger partial charge in [0.2, 0.25) is 0 Å². The minimum Gasteiger partial charge on any atom is -0.456 e. The Morgan fingerprint density at radius 2 is 0.633 bits per heavy atom. The standard InChI is InChI=1S/C84H60N4O2/c1-51(2)55-21-13-23-57(45-55)87-75-29-11-9-27-65(75)71-47-59(35-41-77(71)87)85(73-31-15-19-53-17-5-7-25-63(53)73)61-33-37-69-81(49-61)89-79-43-39-68-67(83(69)79)40-44-80-84(68)70-38-34-62(50-82(70)90-80)86(74-32-16-20-54-18-6-8-26-64(54)74)60-36-42-78-72(48-60)66-28-10-12-30-76(66)88(78)58-24-14-22-56(46-58)52(3)4/h5-52H,1-4H3. The summed E-state index contributed by atoms with van der Waals surface area (Å²) in [5.74, 6) is 0.832. The smallest absolute Gasteiger partial charge is 0.137 e. The number of hydrogen-bond donors (Lipinski definition) is 0. The second kappa shape index (κ2) is 20.1. The predicted molar refractivity (Wildman–Crippen MR) is 380 cm³/mol. The fourth-order valence-electron chi connectivity index (χ4n) is 14.7. The largest absolute Gasteiger partial charge is 0.456 e. The Morgan fingerprint density at radius 1 is 0.267 bits per heavy atom. The maximum atomic E-state index is 6.98. The highest BCUT2D eigenvalue weighted by Crippen LogP contribution is 2.48. The zero-order valence-electron chi connectivity index (χ0n) is 50.3. The van der Waals surface area contributed by atoms with Crippen molar-refractivity contribution in [3.05, 3.63) is 290 Å². The number of fused-ring (bicyclic) bond motifs is 17. The second-order valence-corrected chi connectivity index (χ2v) is 24.8. The fraction of sp³-hybridized carbons (Fsp3) is 0.0714. The molecule has 0 saturated heterocycles. The lowest BCUT2D eigenvalue weighted by atomic mass is 9.99. The van der Waals surface area contributed by atoms with E-state index in [0.717, 1.165) is 88.8 Å². The molecule has 18 aromatic rings. The molecule has 0 aliphatic heterocycles. The molecule has 0 amide bonds. The Morgan fingerprint density at radius 3 is 1.09 bits per heavy atom. The SMILES string of the molecule is CC(C)c1cccc(-n2c3ccccc3c3cc(N(c4ccc5c(c4)oc4ccc6c(ccc7oc8cc(N(c9ccc%10c(c9)c9ccccc9n%10-c9cccc(C(C)C)c9)c9cccc%10ccccc9%10)ccc8c76)c45)c4cccc5ccccc45)ccc32)c1. The van der Waals surface area contributed by atoms with E-state index in [1.54, 1.807) is 0 Å². The van der Waals surface area contributed by atoms with E-state index >= 15 is 0 Å². The zero-order chi connectivity index (χ0) is 59.9. The first-order chi connectivity index (χ1) is 44.3. The lowest BCUT2D eigenvalue weighted by molar-refractivity contribution is 0.668. The summed E-state index contributed by atoms with van der Waals surface area (Å²) in [4.78, 5) is 4.80. The molecule has 6 nitrogen and oxygen atoms in total. The molecular weight excluding hydrogens is 1100 g/mol. The van der Waals surface area contributed by atoms with Crippen molar-refractivity contribution in [2.24, 2.45) is 0 Å². The van der Waals surface area contributed by atoms with Crippen molar-refractivity contribution >= 4 is 154 Å². The molecule has 14 aromatic carbocycles. The van der Waals surface area contributed by atoms with Gasteiger partial charge >= 0.3 is 0 Å². The van der Waals surface area contributed by atoms with E-state index in [9.17, 15) is 0 Å². The Labute approximate surface area is 519 Å². The van der Waals surface area contributed by atoms with Gasteiger partial charge in [0.05, 0.1) is 33.4 Å². The summed E-state index contributed by atoms with van der Waals surface area (Å²) in [6.07, 6.45) is 0. The minimum atomic E-state index is 0.416. The molecule has 0 fully saturated rings. The van der Waals surface area contributed by atoms with E-state index in [-0.39, 0.29) is 0 Å². The van der Waals surface area contributed by atoms with Gasteiger partial charge in [-0.3, -0.25) is 0 Å². The normalized spacial score (nSPS) is 12.2. The molecular formula is C84H60N4O2. The van der Waals surface area contributed by atoms with E-state index < -0.39 is 0 Å². The summed E-state index contributed by atoms with van der Waals surface area (Å²) in [6, 6.07) is 102. The summed E-state index contributed by atoms with van der Waals surface area (Å²) in [6.45, 7) is 9.04. The van der Waals surface area contributed by atoms with Crippen LogP contribution >= 0.6 is 0 Å². The van der Waals surface area contributed by atoms with Crippen molar-refractivity contribution in [1.82, 2.24) is 9.13 Å². The van der Waals surface area contributed by atoms with Crippen LogP contribution in [0.2, 0.25) is 0 Å². The molecule has 0 saturated carbocycles. The van der Waals surface area contributed by atoms with Crippen molar-refractivity contribution in [2.75, 3.05) is 9.80 Å². The number of rotatable bonds is 10. The van der Waals surface area contributed by atoms with Crippen molar-refractivity contribution in [3.8, 4) is 11.4 Å². The Kier molecular flexibility index (Phi) is 11.6. The van der Waals surface area contributed by atoms with Gasteiger partial charge in [-0.25, -0.2) is 0 Å². The predicted octanol–water partition coefficient (Wildman–Crippen LogP) is 24.3. The average molecular weight is 1160 g/mol. The monoisotopic (exact) mass is 1160 g/mol. The maximum Gasteiger partial charge on any atom is 0.137 e. The Bertz CT molecular complexity index is 5590.